The molecule has 25 heavy (non-hydrogen) atoms. The number of hydrogen-bond donors (Lipinski definition) is 1. The second-order valence-electron chi connectivity index (χ2n) is 7.27. The van der Waals surface area contributed by atoms with E-state index in [1.807, 2.05) is 24.0 Å². The van der Waals surface area contributed by atoms with Crippen molar-refractivity contribution in [3.05, 3.63) is 41.3 Å². The van der Waals surface area contributed by atoms with Crippen LogP contribution in [0, 0.1) is 13.8 Å². The Morgan fingerprint density at radius 3 is 2.72 bits per heavy atom. The third kappa shape index (κ3) is 3.52. The zero-order valence-corrected chi connectivity index (χ0v) is 14.9. The lowest BCUT2D eigenvalue weighted by atomic mass is 10.0. The number of amides is 1. The maximum absolute atomic E-state index is 12.8. The SMILES string of the molecule is Cc1cc(C)n([C@@H]2CCCN(C(=O)c3ccc(NC4CC4)nc3)C2)n1. The Kier molecular flexibility index (Phi) is 4.19. The van der Waals surface area contributed by atoms with Crippen molar-refractivity contribution in [1.82, 2.24) is 19.7 Å². The van der Waals surface area contributed by atoms with E-state index in [0.717, 1.165) is 36.6 Å². The fourth-order valence-corrected chi connectivity index (χ4v) is 3.58. The molecule has 2 fully saturated rings. The Labute approximate surface area is 148 Å². The van der Waals surface area contributed by atoms with Gasteiger partial charge in [-0.15, -0.1) is 0 Å². The summed E-state index contributed by atoms with van der Waals surface area (Å²) < 4.78 is 2.08. The summed E-state index contributed by atoms with van der Waals surface area (Å²) in [6.07, 6.45) is 6.19. The number of piperidine rings is 1. The van der Waals surface area contributed by atoms with Gasteiger partial charge in [0.15, 0.2) is 0 Å². The normalized spacial score (nSPS) is 20.6. The number of aryl methyl sites for hydroxylation is 2. The molecule has 2 aliphatic rings. The second-order valence-corrected chi connectivity index (χ2v) is 7.27. The van der Waals surface area contributed by atoms with Gasteiger partial charge in [0.05, 0.1) is 17.3 Å². The van der Waals surface area contributed by atoms with Gasteiger partial charge in [-0.1, -0.05) is 0 Å². The Balaban J connectivity index is 1.44. The highest BCUT2D eigenvalue weighted by Crippen LogP contribution is 2.25. The summed E-state index contributed by atoms with van der Waals surface area (Å²) in [7, 11) is 0. The number of hydrogen-bond acceptors (Lipinski definition) is 4. The molecular weight excluding hydrogens is 314 g/mol. The highest BCUT2D eigenvalue weighted by Gasteiger charge is 2.27. The minimum absolute atomic E-state index is 0.0664. The van der Waals surface area contributed by atoms with Crippen molar-refractivity contribution >= 4 is 11.7 Å². The first-order valence-electron chi connectivity index (χ1n) is 9.15. The van der Waals surface area contributed by atoms with E-state index >= 15 is 0 Å². The van der Waals surface area contributed by atoms with Gasteiger partial charge in [-0.2, -0.15) is 5.10 Å². The largest absolute Gasteiger partial charge is 0.367 e. The summed E-state index contributed by atoms with van der Waals surface area (Å²) in [5, 5.41) is 7.95. The van der Waals surface area contributed by atoms with Gasteiger partial charge in [-0.3, -0.25) is 9.48 Å². The Morgan fingerprint density at radius 2 is 2.08 bits per heavy atom. The number of nitrogens with zero attached hydrogens (tertiary/aromatic N) is 4. The lowest BCUT2D eigenvalue weighted by Gasteiger charge is -2.33. The van der Waals surface area contributed by atoms with Crippen molar-refractivity contribution in [1.29, 1.82) is 0 Å². The summed E-state index contributed by atoms with van der Waals surface area (Å²) in [6.45, 7) is 5.61. The molecule has 3 heterocycles. The zero-order chi connectivity index (χ0) is 17.4. The van der Waals surface area contributed by atoms with Crippen molar-refractivity contribution < 1.29 is 4.79 Å². The van der Waals surface area contributed by atoms with E-state index in [4.69, 9.17) is 0 Å². The maximum atomic E-state index is 12.8. The summed E-state index contributed by atoms with van der Waals surface area (Å²) in [5.74, 6) is 0.926. The quantitative estimate of drug-likeness (QED) is 0.930. The molecule has 4 rings (SSSR count). The summed E-state index contributed by atoms with van der Waals surface area (Å²) in [6, 6.07) is 6.71. The first-order chi connectivity index (χ1) is 12.1. The van der Waals surface area contributed by atoms with E-state index < -0.39 is 0 Å². The van der Waals surface area contributed by atoms with Gasteiger partial charge in [0.1, 0.15) is 5.82 Å². The molecule has 1 saturated carbocycles. The number of rotatable bonds is 4. The number of carbonyl (C=O) groups is 1. The van der Waals surface area contributed by atoms with Crippen LogP contribution in [-0.4, -0.2) is 44.7 Å². The van der Waals surface area contributed by atoms with Crippen LogP contribution in [0.25, 0.3) is 0 Å². The standard InChI is InChI=1S/C19H25N5O/c1-13-10-14(2)24(22-13)17-4-3-9-23(12-17)19(25)15-5-8-18(20-11-15)21-16-6-7-16/h5,8,10-11,16-17H,3-4,6-7,9,12H2,1-2H3,(H,20,21)/t17-/m1/s1. The van der Waals surface area contributed by atoms with Gasteiger partial charge in [0, 0.05) is 31.0 Å². The average Bonchev–Trinajstić information content (AvgIpc) is 3.37. The molecule has 1 atom stereocenters. The predicted octanol–water partition coefficient (Wildman–Crippen LogP) is 2.95. The molecule has 1 aliphatic carbocycles. The Morgan fingerprint density at radius 1 is 1.24 bits per heavy atom. The van der Waals surface area contributed by atoms with Crippen LogP contribution >= 0.6 is 0 Å². The van der Waals surface area contributed by atoms with E-state index in [-0.39, 0.29) is 11.9 Å². The smallest absolute Gasteiger partial charge is 0.255 e. The molecule has 1 aliphatic heterocycles. The van der Waals surface area contributed by atoms with Crippen LogP contribution in [0.5, 0.6) is 0 Å². The van der Waals surface area contributed by atoms with Gasteiger partial charge in [0.2, 0.25) is 0 Å². The molecule has 0 aromatic carbocycles. The van der Waals surface area contributed by atoms with E-state index in [2.05, 4.69) is 33.1 Å². The minimum Gasteiger partial charge on any atom is -0.367 e. The summed E-state index contributed by atoms with van der Waals surface area (Å²) >= 11 is 0. The molecule has 1 amide bonds. The number of carbonyl (C=O) groups excluding carboxylic acids is 1. The highest BCUT2D eigenvalue weighted by molar-refractivity contribution is 5.94. The molecule has 1 N–H and O–H groups in total. The van der Waals surface area contributed by atoms with Crippen molar-refractivity contribution in [3.63, 3.8) is 0 Å². The number of anilines is 1. The molecule has 6 heteroatoms. The van der Waals surface area contributed by atoms with E-state index in [1.54, 1.807) is 6.20 Å². The fourth-order valence-electron chi connectivity index (χ4n) is 3.58. The molecule has 0 bridgehead atoms. The fraction of sp³-hybridized carbons (Fsp3) is 0.526. The van der Waals surface area contributed by atoms with Gasteiger partial charge < -0.3 is 10.2 Å². The monoisotopic (exact) mass is 339 g/mol. The van der Waals surface area contributed by atoms with Crippen LogP contribution in [0.1, 0.15) is 53.5 Å². The van der Waals surface area contributed by atoms with Gasteiger partial charge in [-0.25, -0.2) is 4.98 Å². The molecular formula is C19H25N5O. The Bertz CT molecular complexity index is 763. The van der Waals surface area contributed by atoms with Crippen molar-refractivity contribution in [2.45, 2.75) is 51.6 Å². The third-order valence-corrected chi connectivity index (χ3v) is 5.01. The van der Waals surface area contributed by atoms with Gasteiger partial charge in [0.25, 0.3) is 5.91 Å². The molecule has 2 aromatic rings. The van der Waals surface area contributed by atoms with Crippen LogP contribution in [0.4, 0.5) is 5.82 Å². The van der Waals surface area contributed by atoms with Crippen molar-refractivity contribution in [2.24, 2.45) is 0 Å². The van der Waals surface area contributed by atoms with E-state index in [9.17, 15) is 4.79 Å². The summed E-state index contributed by atoms with van der Waals surface area (Å²) in [4.78, 5) is 19.2. The van der Waals surface area contributed by atoms with Crippen molar-refractivity contribution in [2.75, 3.05) is 18.4 Å². The maximum Gasteiger partial charge on any atom is 0.255 e. The lowest BCUT2D eigenvalue weighted by molar-refractivity contribution is 0.0671. The number of pyridine rings is 1. The van der Waals surface area contributed by atoms with Gasteiger partial charge in [-0.05, 0) is 57.7 Å². The van der Waals surface area contributed by atoms with E-state index in [1.165, 1.54) is 12.8 Å². The molecule has 2 aromatic heterocycles. The van der Waals surface area contributed by atoms with Crippen LogP contribution in [-0.2, 0) is 0 Å². The summed E-state index contributed by atoms with van der Waals surface area (Å²) in [5.41, 5.74) is 2.85. The molecule has 132 valence electrons. The second kappa shape index (κ2) is 6.50. The first kappa shape index (κ1) is 16.1. The number of likely N-dealkylation sites (tertiary alicyclic amines) is 1. The van der Waals surface area contributed by atoms with Crippen LogP contribution in [0.3, 0.4) is 0 Å². The molecule has 0 unspecified atom stereocenters. The Hall–Kier alpha value is -2.37. The lowest BCUT2D eigenvalue weighted by Crippen LogP contribution is -2.41. The molecule has 0 radical (unpaired) electrons. The van der Waals surface area contributed by atoms with Crippen LogP contribution in [0.2, 0.25) is 0 Å². The topological polar surface area (TPSA) is 63.1 Å². The molecule has 0 spiro atoms. The average molecular weight is 339 g/mol. The van der Waals surface area contributed by atoms with Crippen LogP contribution in [0.15, 0.2) is 24.4 Å². The van der Waals surface area contributed by atoms with E-state index in [0.29, 0.717) is 18.2 Å². The van der Waals surface area contributed by atoms with Crippen molar-refractivity contribution in [3.8, 4) is 0 Å². The number of aromatic nitrogens is 3. The van der Waals surface area contributed by atoms with Gasteiger partial charge >= 0.3 is 0 Å². The first-order valence-corrected chi connectivity index (χ1v) is 9.15. The van der Waals surface area contributed by atoms with Crippen LogP contribution < -0.4 is 5.32 Å². The highest BCUT2D eigenvalue weighted by atomic mass is 16.2. The predicted molar refractivity (Wildman–Crippen MR) is 96.8 cm³/mol. The molecule has 1 saturated heterocycles. The third-order valence-electron chi connectivity index (χ3n) is 5.01. The number of nitrogens with one attached hydrogen (secondary N) is 1. The minimum atomic E-state index is 0.0664. The zero-order valence-electron chi connectivity index (χ0n) is 14.9. The molecule has 6 nitrogen and oxygen atoms in total.